The Morgan fingerprint density at radius 1 is 1.20 bits per heavy atom. The van der Waals surface area contributed by atoms with Crippen molar-refractivity contribution in [1.82, 2.24) is 14.9 Å². The lowest BCUT2D eigenvalue weighted by Crippen LogP contribution is -2.35. The summed E-state index contributed by atoms with van der Waals surface area (Å²) in [5.41, 5.74) is 2.16. The maximum atomic E-state index is 13.0. The predicted molar refractivity (Wildman–Crippen MR) is 118 cm³/mol. The van der Waals surface area contributed by atoms with Crippen LogP contribution in [0, 0.1) is 6.92 Å². The van der Waals surface area contributed by atoms with Gasteiger partial charge in [-0.05, 0) is 33.3 Å². The fourth-order valence-corrected chi connectivity index (χ4v) is 3.84. The Labute approximate surface area is 178 Å². The molecule has 158 valence electrons. The Morgan fingerprint density at radius 3 is 2.57 bits per heavy atom. The first-order valence-electron chi connectivity index (χ1n) is 9.66. The third-order valence-corrected chi connectivity index (χ3v) is 5.24. The summed E-state index contributed by atoms with van der Waals surface area (Å²) in [6, 6.07) is 7.97. The molecule has 1 amide bonds. The van der Waals surface area contributed by atoms with E-state index in [9.17, 15) is 14.4 Å². The van der Waals surface area contributed by atoms with Gasteiger partial charge in [-0.25, -0.2) is 4.98 Å². The molecule has 0 unspecified atom stereocenters. The molecule has 0 bridgehead atoms. The van der Waals surface area contributed by atoms with Crippen molar-refractivity contribution in [2.45, 2.75) is 46.3 Å². The topological polar surface area (TPSA) is 90.3 Å². The molecular formula is C22H25N3O4S. The van der Waals surface area contributed by atoms with Gasteiger partial charge in [0.2, 0.25) is 5.91 Å². The van der Waals surface area contributed by atoms with Gasteiger partial charge >= 0.3 is 5.97 Å². The Balaban J connectivity index is 1.70. The van der Waals surface area contributed by atoms with E-state index < -0.39 is 11.6 Å². The number of carbonyl (C=O) groups excluding carboxylic acids is 2. The number of carbonyl (C=O) groups is 2. The van der Waals surface area contributed by atoms with E-state index in [-0.39, 0.29) is 31.0 Å². The molecule has 1 N–H and O–H groups in total. The fourth-order valence-electron chi connectivity index (χ4n) is 2.93. The Hall–Kier alpha value is -3.00. The number of fused-ring (bicyclic) bond motifs is 1. The van der Waals surface area contributed by atoms with Crippen molar-refractivity contribution in [3.8, 4) is 11.1 Å². The van der Waals surface area contributed by atoms with Crippen molar-refractivity contribution in [3.05, 3.63) is 51.9 Å². The largest absolute Gasteiger partial charge is 0.459 e. The first-order valence-corrected chi connectivity index (χ1v) is 10.5. The molecule has 3 rings (SSSR count). The number of aromatic nitrogens is 2. The maximum Gasteiger partial charge on any atom is 0.325 e. The molecule has 0 aliphatic rings. The van der Waals surface area contributed by atoms with Crippen LogP contribution in [0.3, 0.4) is 0 Å². The van der Waals surface area contributed by atoms with E-state index in [0.29, 0.717) is 10.2 Å². The van der Waals surface area contributed by atoms with Gasteiger partial charge in [0.15, 0.2) is 0 Å². The number of nitrogens with zero attached hydrogens (tertiary/aromatic N) is 2. The van der Waals surface area contributed by atoms with E-state index in [2.05, 4.69) is 10.3 Å². The van der Waals surface area contributed by atoms with Crippen LogP contribution < -0.4 is 10.9 Å². The number of rotatable bonds is 6. The number of ether oxygens (including phenoxy) is 1. The second-order valence-corrected chi connectivity index (χ2v) is 8.91. The first-order chi connectivity index (χ1) is 14.1. The molecule has 30 heavy (non-hydrogen) atoms. The minimum Gasteiger partial charge on any atom is -0.459 e. The highest BCUT2D eigenvalue weighted by Crippen LogP contribution is 2.30. The molecule has 8 heteroatoms. The summed E-state index contributed by atoms with van der Waals surface area (Å²) in [5.74, 6) is -0.839. The molecular weight excluding hydrogens is 402 g/mol. The standard InChI is InChI=1S/C22H25N3O4S/c1-14-5-7-15(8-6-14)16-12-30-20-19(16)21(28)25(13-24-20)10-9-17(26)23-11-18(27)29-22(2,3)4/h5-8,12-13H,9-11H2,1-4H3,(H,23,26). The molecule has 0 saturated heterocycles. The minimum atomic E-state index is -0.605. The summed E-state index contributed by atoms with van der Waals surface area (Å²) in [5, 5.41) is 5.01. The summed E-state index contributed by atoms with van der Waals surface area (Å²) < 4.78 is 6.58. The molecule has 7 nitrogen and oxygen atoms in total. The molecule has 1 aromatic carbocycles. The third-order valence-electron chi connectivity index (χ3n) is 4.35. The molecule has 3 aromatic rings. The van der Waals surface area contributed by atoms with Gasteiger partial charge in [-0.3, -0.25) is 19.0 Å². The number of benzene rings is 1. The van der Waals surface area contributed by atoms with Crippen LogP contribution in [0.4, 0.5) is 0 Å². The van der Waals surface area contributed by atoms with Gasteiger partial charge in [0.1, 0.15) is 17.0 Å². The third kappa shape index (κ3) is 5.33. The van der Waals surface area contributed by atoms with Crippen molar-refractivity contribution in [3.63, 3.8) is 0 Å². The fraction of sp³-hybridized carbons (Fsp3) is 0.364. The van der Waals surface area contributed by atoms with Gasteiger partial charge in [0, 0.05) is 23.9 Å². The number of hydrogen-bond acceptors (Lipinski definition) is 6. The lowest BCUT2D eigenvalue weighted by Gasteiger charge is -2.19. The van der Waals surface area contributed by atoms with Crippen molar-refractivity contribution in [2.75, 3.05) is 6.54 Å². The predicted octanol–water partition coefficient (Wildman–Crippen LogP) is 3.28. The second kappa shape index (κ2) is 8.79. The van der Waals surface area contributed by atoms with Crippen LogP contribution in [-0.4, -0.2) is 33.6 Å². The van der Waals surface area contributed by atoms with Gasteiger partial charge in [-0.2, -0.15) is 0 Å². The number of aryl methyl sites for hydroxylation is 2. The smallest absolute Gasteiger partial charge is 0.325 e. The van der Waals surface area contributed by atoms with Crippen LogP contribution in [0.1, 0.15) is 32.8 Å². The van der Waals surface area contributed by atoms with Crippen LogP contribution in [0.15, 0.2) is 40.8 Å². The molecule has 0 spiro atoms. The van der Waals surface area contributed by atoms with E-state index >= 15 is 0 Å². The Morgan fingerprint density at radius 2 is 1.90 bits per heavy atom. The van der Waals surface area contributed by atoms with Crippen LogP contribution in [0.2, 0.25) is 0 Å². The minimum absolute atomic E-state index is 0.0554. The lowest BCUT2D eigenvalue weighted by atomic mass is 10.1. The molecule has 0 fully saturated rings. The van der Waals surface area contributed by atoms with Gasteiger partial charge in [-0.1, -0.05) is 29.8 Å². The molecule has 2 heterocycles. The SMILES string of the molecule is Cc1ccc(-c2csc3ncn(CCC(=O)NCC(=O)OC(C)(C)C)c(=O)c23)cc1. The number of hydrogen-bond donors (Lipinski definition) is 1. The van der Waals surface area contributed by atoms with Crippen molar-refractivity contribution >= 4 is 33.4 Å². The lowest BCUT2D eigenvalue weighted by molar-refractivity contribution is -0.154. The summed E-state index contributed by atoms with van der Waals surface area (Å²) in [4.78, 5) is 41.8. The van der Waals surface area contributed by atoms with E-state index in [0.717, 1.165) is 16.7 Å². The van der Waals surface area contributed by atoms with Gasteiger partial charge in [0.05, 0.1) is 11.7 Å². The quantitative estimate of drug-likeness (QED) is 0.610. The van der Waals surface area contributed by atoms with E-state index in [4.69, 9.17) is 4.74 Å². The summed E-state index contributed by atoms with van der Waals surface area (Å²) in [6.07, 6.45) is 1.52. The van der Waals surface area contributed by atoms with E-state index in [1.807, 2.05) is 36.6 Å². The van der Waals surface area contributed by atoms with Crippen LogP contribution in [0.5, 0.6) is 0 Å². The summed E-state index contributed by atoms with van der Waals surface area (Å²) in [7, 11) is 0. The summed E-state index contributed by atoms with van der Waals surface area (Å²) in [6.45, 7) is 7.26. The zero-order valence-electron chi connectivity index (χ0n) is 17.5. The second-order valence-electron chi connectivity index (χ2n) is 8.05. The molecule has 2 aromatic heterocycles. The zero-order valence-corrected chi connectivity index (χ0v) is 18.3. The zero-order chi connectivity index (χ0) is 21.9. The molecule has 0 atom stereocenters. The number of thiophene rings is 1. The molecule has 0 saturated carbocycles. The van der Waals surface area contributed by atoms with Crippen molar-refractivity contribution < 1.29 is 14.3 Å². The molecule has 0 aliphatic heterocycles. The summed E-state index contributed by atoms with van der Waals surface area (Å²) >= 11 is 1.42. The van der Waals surface area contributed by atoms with Crippen molar-refractivity contribution in [2.24, 2.45) is 0 Å². The highest BCUT2D eigenvalue weighted by molar-refractivity contribution is 7.17. The monoisotopic (exact) mass is 427 g/mol. The van der Waals surface area contributed by atoms with Gasteiger partial charge < -0.3 is 10.1 Å². The molecule has 0 radical (unpaired) electrons. The van der Waals surface area contributed by atoms with Gasteiger partial charge in [0.25, 0.3) is 5.56 Å². The maximum absolute atomic E-state index is 13.0. The number of nitrogens with one attached hydrogen (secondary N) is 1. The average Bonchev–Trinajstić information content (AvgIpc) is 3.10. The normalized spacial score (nSPS) is 11.5. The number of esters is 1. The highest BCUT2D eigenvalue weighted by atomic mass is 32.1. The Kier molecular flexibility index (Phi) is 6.36. The van der Waals surface area contributed by atoms with Crippen LogP contribution in [0.25, 0.3) is 21.3 Å². The van der Waals surface area contributed by atoms with Crippen LogP contribution in [-0.2, 0) is 20.9 Å². The first kappa shape index (κ1) is 21.7. The highest BCUT2D eigenvalue weighted by Gasteiger charge is 2.17. The Bertz CT molecular complexity index is 1120. The van der Waals surface area contributed by atoms with Gasteiger partial charge in [-0.15, -0.1) is 11.3 Å². The van der Waals surface area contributed by atoms with E-state index in [1.165, 1.54) is 22.2 Å². The average molecular weight is 428 g/mol. The van der Waals surface area contributed by atoms with Crippen molar-refractivity contribution in [1.29, 1.82) is 0 Å². The van der Waals surface area contributed by atoms with E-state index in [1.54, 1.807) is 20.8 Å². The van der Waals surface area contributed by atoms with Crippen LogP contribution >= 0.6 is 11.3 Å². The molecule has 0 aliphatic carbocycles. The number of amides is 1.